The number of benzene rings is 1. The number of nitrogens with zero attached hydrogens (tertiary/aromatic N) is 1. The summed E-state index contributed by atoms with van der Waals surface area (Å²) in [6.07, 6.45) is 0.194. The maximum Gasteiger partial charge on any atom is 0.312 e. The topological polar surface area (TPSA) is 88.6 Å². The van der Waals surface area contributed by atoms with Crippen LogP contribution >= 0.6 is 15.9 Å². The lowest BCUT2D eigenvalue weighted by Crippen LogP contribution is -2.34. The summed E-state index contributed by atoms with van der Waals surface area (Å²) in [5, 5.41) is 2.39. The van der Waals surface area contributed by atoms with E-state index in [-0.39, 0.29) is 18.9 Å². The maximum absolute atomic E-state index is 11.9. The SMILES string of the molecule is CN(Cc1ccc(-c2ccc(Br)cc2)o1)C(=O)CCNC(N)=O. The zero-order valence-corrected chi connectivity index (χ0v) is 14.3. The number of nitrogens with two attached hydrogens (primary N) is 1. The molecule has 2 rings (SSSR count). The van der Waals surface area contributed by atoms with Gasteiger partial charge in [0, 0.05) is 30.0 Å². The first-order valence-electron chi connectivity index (χ1n) is 7.07. The molecule has 3 amide bonds. The lowest BCUT2D eigenvalue weighted by atomic mass is 10.2. The smallest absolute Gasteiger partial charge is 0.312 e. The van der Waals surface area contributed by atoms with Crippen molar-refractivity contribution in [2.24, 2.45) is 5.73 Å². The van der Waals surface area contributed by atoms with Gasteiger partial charge in [-0.05, 0) is 24.3 Å². The highest BCUT2D eigenvalue weighted by atomic mass is 79.9. The first-order chi connectivity index (χ1) is 11.0. The van der Waals surface area contributed by atoms with Crippen LogP contribution in [-0.2, 0) is 11.3 Å². The normalized spacial score (nSPS) is 10.3. The molecule has 3 N–H and O–H groups in total. The molecular formula is C16H18BrN3O3. The third kappa shape index (κ3) is 5.14. The molecule has 0 bridgehead atoms. The van der Waals surface area contributed by atoms with Crippen LogP contribution in [0, 0.1) is 0 Å². The van der Waals surface area contributed by atoms with Crippen LogP contribution in [0.25, 0.3) is 11.3 Å². The van der Waals surface area contributed by atoms with Crippen molar-refractivity contribution in [1.29, 1.82) is 0 Å². The number of hydrogen-bond acceptors (Lipinski definition) is 3. The molecule has 1 heterocycles. The summed E-state index contributed by atoms with van der Waals surface area (Å²) in [7, 11) is 1.69. The minimum Gasteiger partial charge on any atom is -0.459 e. The second-order valence-electron chi connectivity index (χ2n) is 5.06. The number of carbonyl (C=O) groups excluding carboxylic acids is 2. The van der Waals surface area contributed by atoms with Crippen molar-refractivity contribution in [2.75, 3.05) is 13.6 Å². The van der Waals surface area contributed by atoms with Crippen molar-refractivity contribution in [1.82, 2.24) is 10.2 Å². The Morgan fingerprint density at radius 1 is 1.22 bits per heavy atom. The average Bonchev–Trinajstić information content (AvgIpc) is 2.96. The van der Waals surface area contributed by atoms with E-state index in [1.54, 1.807) is 11.9 Å². The third-order valence-corrected chi connectivity index (χ3v) is 3.78. The molecule has 7 heteroatoms. The molecule has 0 radical (unpaired) electrons. The van der Waals surface area contributed by atoms with Gasteiger partial charge in [0.15, 0.2) is 0 Å². The molecule has 2 aromatic rings. The Kier molecular flexibility index (Phi) is 5.81. The molecule has 0 saturated heterocycles. The van der Waals surface area contributed by atoms with Gasteiger partial charge in [-0.25, -0.2) is 4.79 Å². The number of hydrogen-bond donors (Lipinski definition) is 2. The van der Waals surface area contributed by atoms with Crippen molar-refractivity contribution < 1.29 is 14.0 Å². The molecule has 6 nitrogen and oxygen atoms in total. The maximum atomic E-state index is 11.9. The van der Waals surface area contributed by atoms with E-state index in [2.05, 4.69) is 21.2 Å². The summed E-state index contributed by atoms with van der Waals surface area (Å²) in [5.41, 5.74) is 5.92. The van der Waals surface area contributed by atoms with Crippen molar-refractivity contribution >= 4 is 27.9 Å². The molecule has 122 valence electrons. The van der Waals surface area contributed by atoms with Gasteiger partial charge in [0.2, 0.25) is 5.91 Å². The predicted octanol–water partition coefficient (Wildman–Crippen LogP) is 2.73. The van der Waals surface area contributed by atoms with E-state index in [1.807, 2.05) is 36.4 Å². The Bertz CT molecular complexity index is 682. The van der Waals surface area contributed by atoms with E-state index in [1.165, 1.54) is 0 Å². The van der Waals surface area contributed by atoms with E-state index >= 15 is 0 Å². The Morgan fingerprint density at radius 3 is 2.57 bits per heavy atom. The van der Waals surface area contributed by atoms with E-state index in [4.69, 9.17) is 10.2 Å². The standard InChI is InChI=1S/C16H18BrN3O3/c1-20(15(21)8-9-19-16(18)22)10-13-6-7-14(23-13)11-2-4-12(17)5-3-11/h2-7H,8-10H2,1H3,(H3,18,19,22). The van der Waals surface area contributed by atoms with Crippen LogP contribution in [0.2, 0.25) is 0 Å². The van der Waals surface area contributed by atoms with E-state index in [9.17, 15) is 9.59 Å². The van der Waals surface area contributed by atoms with Gasteiger partial charge in [-0.3, -0.25) is 4.79 Å². The van der Waals surface area contributed by atoms with Crippen LogP contribution in [-0.4, -0.2) is 30.4 Å². The van der Waals surface area contributed by atoms with Crippen molar-refractivity contribution in [3.8, 4) is 11.3 Å². The number of rotatable bonds is 6. The number of primary amides is 1. The zero-order chi connectivity index (χ0) is 16.8. The summed E-state index contributed by atoms with van der Waals surface area (Å²) >= 11 is 3.39. The van der Waals surface area contributed by atoms with Gasteiger partial charge in [-0.2, -0.15) is 0 Å². The highest BCUT2D eigenvalue weighted by Crippen LogP contribution is 2.24. The van der Waals surface area contributed by atoms with Crippen molar-refractivity contribution in [2.45, 2.75) is 13.0 Å². The fraction of sp³-hybridized carbons (Fsp3) is 0.250. The van der Waals surface area contributed by atoms with Gasteiger partial charge >= 0.3 is 6.03 Å². The average molecular weight is 380 g/mol. The largest absolute Gasteiger partial charge is 0.459 e. The molecule has 0 spiro atoms. The van der Waals surface area contributed by atoms with E-state index < -0.39 is 6.03 Å². The summed E-state index contributed by atoms with van der Waals surface area (Å²) < 4.78 is 6.78. The highest BCUT2D eigenvalue weighted by molar-refractivity contribution is 9.10. The Morgan fingerprint density at radius 2 is 1.91 bits per heavy atom. The number of amides is 3. The van der Waals surface area contributed by atoms with Crippen LogP contribution in [0.3, 0.4) is 0 Å². The summed E-state index contributed by atoms with van der Waals surface area (Å²) in [6.45, 7) is 0.590. The highest BCUT2D eigenvalue weighted by Gasteiger charge is 2.12. The van der Waals surface area contributed by atoms with Crippen LogP contribution in [0.4, 0.5) is 4.79 Å². The Balaban J connectivity index is 1.91. The van der Waals surface area contributed by atoms with Crippen LogP contribution in [0.1, 0.15) is 12.2 Å². The molecular weight excluding hydrogens is 362 g/mol. The Labute approximate surface area is 142 Å². The molecule has 0 aliphatic rings. The molecule has 0 saturated carbocycles. The second kappa shape index (κ2) is 7.82. The molecule has 1 aromatic heterocycles. The van der Waals surface area contributed by atoms with Crippen molar-refractivity contribution in [3.63, 3.8) is 0 Å². The molecule has 0 unspecified atom stereocenters. The molecule has 0 fully saturated rings. The van der Waals surface area contributed by atoms with Gasteiger partial charge in [0.1, 0.15) is 11.5 Å². The fourth-order valence-corrected chi connectivity index (χ4v) is 2.30. The summed E-state index contributed by atoms with van der Waals surface area (Å²) in [5.74, 6) is 1.35. The predicted molar refractivity (Wildman–Crippen MR) is 90.5 cm³/mol. The lowest BCUT2D eigenvalue weighted by Gasteiger charge is -2.15. The van der Waals surface area contributed by atoms with Gasteiger partial charge in [-0.1, -0.05) is 28.1 Å². The number of furan rings is 1. The fourth-order valence-electron chi connectivity index (χ4n) is 2.04. The zero-order valence-electron chi connectivity index (χ0n) is 12.7. The first kappa shape index (κ1) is 17.1. The van der Waals surface area contributed by atoms with Gasteiger partial charge in [0.05, 0.1) is 6.54 Å². The minimum absolute atomic E-state index is 0.0969. The lowest BCUT2D eigenvalue weighted by molar-refractivity contribution is -0.130. The molecule has 0 aliphatic heterocycles. The molecule has 0 atom stereocenters. The number of halogens is 1. The van der Waals surface area contributed by atoms with Crippen LogP contribution < -0.4 is 11.1 Å². The molecule has 1 aromatic carbocycles. The molecule has 23 heavy (non-hydrogen) atoms. The van der Waals surface area contributed by atoms with E-state index in [0.717, 1.165) is 15.8 Å². The third-order valence-electron chi connectivity index (χ3n) is 3.25. The number of nitrogens with one attached hydrogen (secondary N) is 1. The van der Waals surface area contributed by atoms with Crippen molar-refractivity contribution in [3.05, 3.63) is 46.6 Å². The first-order valence-corrected chi connectivity index (χ1v) is 7.87. The number of urea groups is 1. The second-order valence-corrected chi connectivity index (χ2v) is 5.98. The summed E-state index contributed by atoms with van der Waals surface area (Å²) in [6, 6.07) is 10.9. The van der Waals surface area contributed by atoms with Gasteiger partial charge in [-0.15, -0.1) is 0 Å². The van der Waals surface area contributed by atoms with E-state index in [0.29, 0.717) is 12.3 Å². The minimum atomic E-state index is -0.634. The monoisotopic (exact) mass is 379 g/mol. The Hall–Kier alpha value is -2.28. The molecule has 0 aliphatic carbocycles. The quantitative estimate of drug-likeness (QED) is 0.808. The van der Waals surface area contributed by atoms with Crippen LogP contribution in [0.5, 0.6) is 0 Å². The van der Waals surface area contributed by atoms with Gasteiger partial charge in [0.25, 0.3) is 0 Å². The number of carbonyl (C=O) groups is 2. The van der Waals surface area contributed by atoms with Crippen LogP contribution in [0.15, 0.2) is 45.3 Å². The summed E-state index contributed by atoms with van der Waals surface area (Å²) in [4.78, 5) is 24.0. The van der Waals surface area contributed by atoms with Gasteiger partial charge < -0.3 is 20.4 Å².